The lowest BCUT2D eigenvalue weighted by Gasteiger charge is -1.95. The Balaban J connectivity index is 0. The van der Waals surface area contributed by atoms with Crippen LogP contribution in [0.4, 0.5) is 0 Å². The Morgan fingerprint density at radius 2 is 1.26 bits per heavy atom. The highest BCUT2D eigenvalue weighted by Crippen LogP contribution is 1.87. The summed E-state index contributed by atoms with van der Waals surface area (Å²) in [5.74, 6) is -1.07. The van der Waals surface area contributed by atoms with Crippen molar-refractivity contribution in [2.24, 2.45) is 0 Å². The number of sulfone groups is 1. The molecule has 0 aromatic heterocycles. The van der Waals surface area contributed by atoms with E-state index in [1.54, 1.807) is 13.8 Å². The summed E-state index contributed by atoms with van der Waals surface area (Å²) >= 11 is 0. The van der Waals surface area contributed by atoms with Crippen LogP contribution in [0.2, 0.25) is 0 Å². The quantitative estimate of drug-likeness (QED) is 0.542. The van der Waals surface area contributed by atoms with Gasteiger partial charge in [0.2, 0.25) is 0 Å². The molecule has 0 N–H and O–H groups in total. The lowest BCUT2D eigenvalue weighted by atomic mass is 10.5. The van der Waals surface area contributed by atoms with Gasteiger partial charge in [-0.15, -0.1) is 0 Å². The van der Waals surface area contributed by atoms with Crippen molar-refractivity contribution >= 4 is 21.8 Å². The average molecular weight is 290 g/mol. The Morgan fingerprint density at radius 3 is 1.42 bits per heavy atom. The van der Waals surface area contributed by atoms with Gasteiger partial charge in [-0.1, -0.05) is 13.2 Å². The van der Waals surface area contributed by atoms with Crippen LogP contribution in [0.15, 0.2) is 36.1 Å². The summed E-state index contributed by atoms with van der Waals surface area (Å²) in [5.41, 5.74) is 0. The monoisotopic (exact) mass is 290 g/mol. The van der Waals surface area contributed by atoms with Crippen LogP contribution in [0, 0.1) is 0 Å². The van der Waals surface area contributed by atoms with E-state index >= 15 is 0 Å². The van der Waals surface area contributed by atoms with Crippen LogP contribution in [0.1, 0.15) is 13.8 Å². The van der Waals surface area contributed by atoms with Gasteiger partial charge in [-0.3, -0.25) is 0 Å². The maximum absolute atomic E-state index is 10.6. The van der Waals surface area contributed by atoms with Gasteiger partial charge in [-0.05, 0) is 13.8 Å². The molecular weight excluding hydrogens is 272 g/mol. The van der Waals surface area contributed by atoms with Gasteiger partial charge in [0.05, 0.1) is 13.2 Å². The second-order valence-corrected chi connectivity index (χ2v) is 4.60. The zero-order chi connectivity index (χ0) is 15.3. The van der Waals surface area contributed by atoms with E-state index in [0.717, 1.165) is 23.0 Å². The smallest absolute Gasteiger partial charge is 0.330 e. The van der Waals surface area contributed by atoms with Gasteiger partial charge >= 0.3 is 11.9 Å². The molecule has 0 aliphatic heterocycles. The standard InChI is InChI=1S/C8H12O4.C4H6O2S/c1-3-11-7(9)5-6-8(10)12-4-2;1-3-7(5,6)4-2/h5-6H,3-4H2,1-2H3;3-4H,1-2H2/b6-5-;. The summed E-state index contributed by atoms with van der Waals surface area (Å²) in [5, 5.41) is 1.69. The van der Waals surface area contributed by atoms with Gasteiger partial charge < -0.3 is 9.47 Å². The minimum atomic E-state index is -3.13. The molecule has 108 valence electrons. The summed E-state index contributed by atoms with van der Waals surface area (Å²) in [6.07, 6.45) is 2.09. The number of esters is 2. The van der Waals surface area contributed by atoms with Crippen molar-refractivity contribution in [3.05, 3.63) is 36.1 Å². The fourth-order valence-electron chi connectivity index (χ4n) is 0.585. The van der Waals surface area contributed by atoms with Crippen LogP contribution in [0.3, 0.4) is 0 Å². The van der Waals surface area contributed by atoms with Gasteiger partial charge in [0.1, 0.15) is 0 Å². The number of hydrogen-bond donors (Lipinski definition) is 0. The lowest BCUT2D eigenvalue weighted by molar-refractivity contribution is -0.140. The number of carbonyl (C=O) groups excluding carboxylic acids is 2. The largest absolute Gasteiger partial charge is 0.463 e. The molecule has 0 rings (SSSR count). The third-order valence-corrected chi connectivity index (χ3v) is 2.32. The maximum atomic E-state index is 10.6. The SMILES string of the molecule is C=CS(=O)(=O)C=C.CCOC(=O)/C=C\C(=O)OCC. The normalized spacial score (nSPS) is 10.0. The molecule has 0 amide bonds. The fraction of sp³-hybridized carbons (Fsp3) is 0.333. The highest BCUT2D eigenvalue weighted by Gasteiger charge is 1.97. The average Bonchev–Trinajstić information content (AvgIpc) is 2.38. The molecule has 19 heavy (non-hydrogen) atoms. The maximum Gasteiger partial charge on any atom is 0.330 e. The van der Waals surface area contributed by atoms with E-state index < -0.39 is 21.8 Å². The minimum Gasteiger partial charge on any atom is -0.463 e. The van der Waals surface area contributed by atoms with E-state index in [2.05, 4.69) is 22.6 Å². The molecule has 0 bridgehead atoms. The van der Waals surface area contributed by atoms with Crippen molar-refractivity contribution in [3.63, 3.8) is 0 Å². The molecule has 0 atom stereocenters. The van der Waals surface area contributed by atoms with Crippen molar-refractivity contribution in [2.45, 2.75) is 13.8 Å². The molecule has 0 aromatic carbocycles. The second kappa shape index (κ2) is 11.2. The summed E-state index contributed by atoms with van der Waals surface area (Å²) in [6, 6.07) is 0. The van der Waals surface area contributed by atoms with Gasteiger partial charge in [0, 0.05) is 23.0 Å². The third-order valence-electron chi connectivity index (χ3n) is 1.39. The first-order valence-electron chi connectivity index (χ1n) is 5.34. The first-order chi connectivity index (χ1) is 8.82. The molecule has 0 spiro atoms. The summed E-state index contributed by atoms with van der Waals surface area (Å²) in [4.78, 5) is 21.3. The van der Waals surface area contributed by atoms with Crippen molar-refractivity contribution < 1.29 is 27.5 Å². The summed E-state index contributed by atoms with van der Waals surface area (Å²) < 4.78 is 29.3. The summed E-state index contributed by atoms with van der Waals surface area (Å²) in [7, 11) is -3.13. The number of carbonyl (C=O) groups is 2. The number of rotatable bonds is 6. The van der Waals surface area contributed by atoms with E-state index in [0.29, 0.717) is 13.2 Å². The Bertz CT molecular complexity index is 399. The molecule has 0 heterocycles. The van der Waals surface area contributed by atoms with Gasteiger partial charge in [-0.25, -0.2) is 18.0 Å². The highest BCUT2D eigenvalue weighted by molar-refractivity contribution is 7.97. The van der Waals surface area contributed by atoms with Crippen LogP contribution in [0.25, 0.3) is 0 Å². The van der Waals surface area contributed by atoms with Crippen molar-refractivity contribution in [2.75, 3.05) is 13.2 Å². The van der Waals surface area contributed by atoms with E-state index in [4.69, 9.17) is 0 Å². The molecule has 0 saturated carbocycles. The number of ether oxygens (including phenoxy) is 2. The van der Waals surface area contributed by atoms with Crippen LogP contribution in [-0.4, -0.2) is 33.6 Å². The van der Waals surface area contributed by atoms with E-state index in [1.165, 1.54) is 0 Å². The second-order valence-electron chi connectivity index (χ2n) is 2.76. The van der Waals surface area contributed by atoms with Crippen LogP contribution in [-0.2, 0) is 28.9 Å². The van der Waals surface area contributed by atoms with E-state index in [1.807, 2.05) is 0 Å². The Labute approximate surface area is 113 Å². The highest BCUT2D eigenvalue weighted by atomic mass is 32.2. The molecule has 6 nitrogen and oxygen atoms in total. The minimum absolute atomic E-state index is 0.298. The van der Waals surface area contributed by atoms with Crippen LogP contribution in [0.5, 0.6) is 0 Å². The number of hydrogen-bond acceptors (Lipinski definition) is 6. The predicted molar refractivity (Wildman–Crippen MR) is 71.7 cm³/mol. The summed E-state index contributed by atoms with van der Waals surface area (Å²) in [6.45, 7) is 10.1. The fourth-order valence-corrected chi connectivity index (χ4v) is 0.721. The molecule has 0 unspecified atom stereocenters. The zero-order valence-corrected chi connectivity index (χ0v) is 11.8. The zero-order valence-electron chi connectivity index (χ0n) is 11.0. The van der Waals surface area contributed by atoms with E-state index in [9.17, 15) is 18.0 Å². The molecule has 0 saturated heterocycles. The van der Waals surface area contributed by atoms with Gasteiger partial charge in [0.15, 0.2) is 9.84 Å². The Morgan fingerprint density at radius 1 is 0.947 bits per heavy atom. The molecular formula is C12H18O6S. The van der Waals surface area contributed by atoms with Crippen LogP contribution >= 0.6 is 0 Å². The molecule has 0 fully saturated rings. The van der Waals surface area contributed by atoms with Gasteiger partial charge in [-0.2, -0.15) is 0 Å². The van der Waals surface area contributed by atoms with Crippen LogP contribution < -0.4 is 0 Å². The third kappa shape index (κ3) is 14.0. The first-order valence-corrected chi connectivity index (χ1v) is 6.95. The Kier molecular flexibility index (Phi) is 11.5. The molecule has 7 heteroatoms. The molecule has 0 aliphatic rings. The van der Waals surface area contributed by atoms with Gasteiger partial charge in [0.25, 0.3) is 0 Å². The predicted octanol–water partition coefficient (Wildman–Crippen LogP) is 1.36. The molecule has 0 aliphatic carbocycles. The van der Waals surface area contributed by atoms with E-state index in [-0.39, 0.29) is 0 Å². The molecule has 0 aromatic rings. The Hall–Kier alpha value is -1.89. The molecule has 0 radical (unpaired) electrons. The van der Waals surface area contributed by atoms with Crippen molar-refractivity contribution in [1.82, 2.24) is 0 Å². The van der Waals surface area contributed by atoms with Crippen molar-refractivity contribution in [1.29, 1.82) is 0 Å². The van der Waals surface area contributed by atoms with Crippen molar-refractivity contribution in [3.8, 4) is 0 Å². The topological polar surface area (TPSA) is 86.7 Å². The lowest BCUT2D eigenvalue weighted by Crippen LogP contribution is -2.03. The first kappa shape index (κ1) is 19.4.